The van der Waals surface area contributed by atoms with Crippen molar-refractivity contribution in [1.82, 2.24) is 20.7 Å². The number of fused-ring (bicyclic) bond motifs is 1. The number of aromatic nitrogens is 3. The number of rotatable bonds is 6. The first-order valence-corrected chi connectivity index (χ1v) is 8.91. The second-order valence-electron chi connectivity index (χ2n) is 5.88. The van der Waals surface area contributed by atoms with Crippen molar-refractivity contribution in [3.05, 3.63) is 47.5 Å². The number of benzene rings is 1. The van der Waals surface area contributed by atoms with Crippen molar-refractivity contribution >= 4 is 28.3 Å². The van der Waals surface area contributed by atoms with Crippen molar-refractivity contribution in [2.75, 3.05) is 11.9 Å². The smallest absolute Gasteiger partial charge is 0.278 e. The summed E-state index contributed by atoms with van der Waals surface area (Å²) in [4.78, 5) is 21.5. The Morgan fingerprint density at radius 2 is 2.11 bits per heavy atom. The van der Waals surface area contributed by atoms with Gasteiger partial charge >= 0.3 is 0 Å². The molecule has 0 aliphatic carbocycles. The molecule has 0 spiro atoms. The predicted molar refractivity (Wildman–Crippen MR) is 105 cm³/mol. The summed E-state index contributed by atoms with van der Waals surface area (Å²) in [6.45, 7) is 7.24. The number of carbonyl (C=O) groups excluding carboxylic acids is 1. The number of hydrogen-bond acceptors (Lipinski definition) is 6. The van der Waals surface area contributed by atoms with Gasteiger partial charge in [-0.05, 0) is 31.5 Å². The Bertz CT molecular complexity index is 942. The zero-order chi connectivity index (χ0) is 20.7. The van der Waals surface area contributed by atoms with E-state index in [4.69, 9.17) is 4.84 Å². The number of halogens is 1. The van der Waals surface area contributed by atoms with Crippen LogP contribution in [0.5, 0.6) is 0 Å². The first-order valence-electron chi connectivity index (χ1n) is 8.91. The van der Waals surface area contributed by atoms with E-state index in [1.54, 1.807) is 19.1 Å². The summed E-state index contributed by atoms with van der Waals surface area (Å²) in [6, 6.07) is 4.73. The Labute approximate surface area is 162 Å². The number of aryl methyl sites for hydroxylation is 1. The SMILES string of the molecule is CC.Cc1ccc(Nc2c(C(=O)NOC[C@H](C)O)cnc3[nH]ncc23)c(F)c1. The third-order valence-corrected chi connectivity index (χ3v) is 3.60. The highest BCUT2D eigenvalue weighted by molar-refractivity contribution is 6.06. The number of nitrogens with one attached hydrogen (secondary N) is 3. The molecule has 0 unspecified atom stereocenters. The minimum atomic E-state index is -0.732. The summed E-state index contributed by atoms with van der Waals surface area (Å²) in [5.74, 6) is -1.04. The van der Waals surface area contributed by atoms with Gasteiger partial charge in [-0.3, -0.25) is 14.7 Å². The maximum atomic E-state index is 14.2. The molecule has 0 aliphatic heterocycles. The molecule has 3 rings (SSSR count). The van der Waals surface area contributed by atoms with Crippen LogP contribution >= 0.6 is 0 Å². The molecular weight excluding hydrogens is 365 g/mol. The van der Waals surface area contributed by atoms with Gasteiger partial charge in [0.05, 0.1) is 34.6 Å². The Morgan fingerprint density at radius 1 is 1.36 bits per heavy atom. The molecule has 28 heavy (non-hydrogen) atoms. The van der Waals surface area contributed by atoms with Gasteiger partial charge in [-0.25, -0.2) is 14.9 Å². The number of hydrogen-bond donors (Lipinski definition) is 4. The normalized spacial score (nSPS) is 11.5. The minimum absolute atomic E-state index is 0.0670. The monoisotopic (exact) mass is 389 g/mol. The topological polar surface area (TPSA) is 112 Å². The van der Waals surface area contributed by atoms with E-state index in [1.807, 2.05) is 13.8 Å². The highest BCUT2D eigenvalue weighted by Crippen LogP contribution is 2.29. The van der Waals surface area contributed by atoms with Crippen molar-refractivity contribution in [3.8, 4) is 0 Å². The Kier molecular flexibility index (Phi) is 7.42. The number of nitrogens with zero attached hydrogens (tertiary/aromatic N) is 2. The summed E-state index contributed by atoms with van der Waals surface area (Å²) in [7, 11) is 0. The molecule has 2 heterocycles. The van der Waals surface area contributed by atoms with Crippen molar-refractivity contribution < 1.29 is 19.1 Å². The van der Waals surface area contributed by atoms with Gasteiger partial charge in [0.1, 0.15) is 12.4 Å². The molecule has 1 amide bonds. The number of anilines is 2. The van der Waals surface area contributed by atoms with Gasteiger partial charge in [0.25, 0.3) is 5.91 Å². The highest BCUT2D eigenvalue weighted by atomic mass is 19.1. The van der Waals surface area contributed by atoms with Gasteiger partial charge in [0, 0.05) is 6.20 Å². The number of aromatic amines is 1. The zero-order valence-electron chi connectivity index (χ0n) is 16.2. The van der Waals surface area contributed by atoms with Crippen molar-refractivity contribution in [1.29, 1.82) is 0 Å². The number of amides is 1. The molecule has 2 aromatic heterocycles. The molecule has 1 atom stereocenters. The van der Waals surface area contributed by atoms with Crippen molar-refractivity contribution in [3.63, 3.8) is 0 Å². The van der Waals surface area contributed by atoms with Crippen LogP contribution < -0.4 is 10.8 Å². The number of carbonyl (C=O) groups is 1. The molecule has 0 radical (unpaired) electrons. The summed E-state index contributed by atoms with van der Waals surface area (Å²) in [5, 5.41) is 19.3. The van der Waals surface area contributed by atoms with Crippen molar-refractivity contribution in [2.24, 2.45) is 0 Å². The lowest BCUT2D eigenvalue weighted by Gasteiger charge is -2.14. The van der Waals surface area contributed by atoms with Gasteiger partial charge in [-0.2, -0.15) is 5.10 Å². The van der Waals surface area contributed by atoms with Crippen LogP contribution in [0.2, 0.25) is 0 Å². The van der Waals surface area contributed by atoms with Crippen LogP contribution in [0.1, 0.15) is 36.7 Å². The standard InChI is InChI=1S/C17H18FN5O3.C2H6/c1-9-3-4-14(13(18)5-9)21-15-11-7-20-22-16(11)19-6-12(15)17(25)23-26-8-10(2)24;1-2/h3-7,10,24H,8H2,1-2H3,(H,23,25)(H2,19,20,21,22);1-2H3/t10-;/m0./s1. The van der Waals surface area contributed by atoms with Gasteiger partial charge in [-0.1, -0.05) is 19.9 Å². The predicted octanol–water partition coefficient (Wildman–Crippen LogP) is 3.22. The lowest BCUT2D eigenvalue weighted by molar-refractivity contribution is -0.00683. The van der Waals surface area contributed by atoms with Crippen molar-refractivity contribution in [2.45, 2.75) is 33.8 Å². The molecule has 4 N–H and O–H groups in total. The van der Waals surface area contributed by atoms with E-state index in [2.05, 4.69) is 26.0 Å². The van der Waals surface area contributed by atoms with E-state index in [1.165, 1.54) is 25.4 Å². The van der Waals surface area contributed by atoms with E-state index < -0.39 is 17.8 Å². The molecule has 1 aromatic carbocycles. The third-order valence-electron chi connectivity index (χ3n) is 3.60. The second kappa shape index (κ2) is 9.77. The van der Waals surface area contributed by atoms with E-state index in [0.717, 1.165) is 5.56 Å². The van der Waals surface area contributed by atoms with Crippen LogP contribution in [0.3, 0.4) is 0 Å². The van der Waals surface area contributed by atoms with E-state index in [-0.39, 0.29) is 17.9 Å². The fraction of sp³-hybridized carbons (Fsp3) is 0.316. The van der Waals surface area contributed by atoms with E-state index in [0.29, 0.717) is 16.7 Å². The molecule has 3 aromatic rings. The first kappa shape index (κ1) is 21.3. The van der Waals surface area contributed by atoms with E-state index in [9.17, 15) is 14.3 Å². The maximum absolute atomic E-state index is 14.2. The average Bonchev–Trinajstić information content (AvgIpc) is 3.14. The van der Waals surface area contributed by atoms with Crippen LogP contribution in [0, 0.1) is 12.7 Å². The first-order chi connectivity index (χ1) is 13.5. The molecule has 0 saturated carbocycles. The van der Waals surface area contributed by atoms with Crippen LogP contribution in [0.15, 0.2) is 30.6 Å². The quantitative estimate of drug-likeness (QED) is 0.482. The fourth-order valence-electron chi connectivity index (χ4n) is 2.35. The number of aliphatic hydroxyl groups is 1. The third kappa shape index (κ3) is 5.02. The van der Waals surface area contributed by atoms with Crippen LogP contribution in [-0.2, 0) is 4.84 Å². The minimum Gasteiger partial charge on any atom is -0.391 e. The maximum Gasteiger partial charge on any atom is 0.278 e. The van der Waals surface area contributed by atoms with Gasteiger partial charge in [-0.15, -0.1) is 0 Å². The van der Waals surface area contributed by atoms with Gasteiger partial charge in [0.15, 0.2) is 5.65 Å². The number of aliphatic hydroxyl groups excluding tert-OH is 1. The van der Waals surface area contributed by atoms with Crippen LogP contribution in [-0.4, -0.2) is 38.9 Å². The molecule has 9 heteroatoms. The van der Waals surface area contributed by atoms with E-state index >= 15 is 0 Å². The summed E-state index contributed by atoms with van der Waals surface area (Å²) in [6.07, 6.45) is 2.09. The van der Waals surface area contributed by atoms with Crippen LogP contribution in [0.4, 0.5) is 15.8 Å². The lowest BCUT2D eigenvalue weighted by atomic mass is 10.1. The molecule has 0 aliphatic rings. The Hall–Kier alpha value is -3.04. The number of pyridine rings is 1. The van der Waals surface area contributed by atoms with Crippen LogP contribution in [0.25, 0.3) is 11.0 Å². The number of hydroxylamine groups is 1. The second-order valence-corrected chi connectivity index (χ2v) is 5.88. The molecule has 150 valence electrons. The summed E-state index contributed by atoms with van der Waals surface area (Å²) < 4.78 is 14.2. The van der Waals surface area contributed by atoms with Gasteiger partial charge in [0.2, 0.25) is 0 Å². The molecule has 0 saturated heterocycles. The summed E-state index contributed by atoms with van der Waals surface area (Å²) >= 11 is 0. The van der Waals surface area contributed by atoms with Gasteiger partial charge < -0.3 is 10.4 Å². The Balaban J connectivity index is 0.00000136. The Morgan fingerprint density at radius 3 is 2.79 bits per heavy atom. The molecule has 8 nitrogen and oxygen atoms in total. The average molecular weight is 389 g/mol. The lowest BCUT2D eigenvalue weighted by Crippen LogP contribution is -2.28. The fourth-order valence-corrected chi connectivity index (χ4v) is 2.35. The molecular formula is C19H24FN5O3. The largest absolute Gasteiger partial charge is 0.391 e. The zero-order valence-corrected chi connectivity index (χ0v) is 16.2. The molecule has 0 bridgehead atoms. The highest BCUT2D eigenvalue weighted by Gasteiger charge is 2.18. The number of H-pyrrole nitrogens is 1. The summed E-state index contributed by atoms with van der Waals surface area (Å²) in [5.41, 5.74) is 4.15. The molecule has 0 fully saturated rings.